The van der Waals surface area contributed by atoms with Gasteiger partial charge in [-0.2, -0.15) is 5.10 Å². The summed E-state index contributed by atoms with van der Waals surface area (Å²) < 4.78 is 1.95. The molecule has 0 amide bonds. The van der Waals surface area contributed by atoms with E-state index in [0.717, 1.165) is 48.8 Å². The minimum Gasteiger partial charge on any atom is -0.316 e. The number of nitrogens with one attached hydrogen (secondary N) is 1. The van der Waals surface area contributed by atoms with Crippen molar-refractivity contribution in [3.8, 4) is 0 Å². The van der Waals surface area contributed by atoms with E-state index in [4.69, 9.17) is 11.6 Å². The van der Waals surface area contributed by atoms with Crippen LogP contribution < -0.4 is 5.32 Å². The molecule has 0 spiro atoms. The van der Waals surface area contributed by atoms with E-state index in [9.17, 15) is 0 Å². The molecule has 0 fully saturated rings. The number of halogens is 1. The topological polar surface area (TPSA) is 29.9 Å². The molecule has 1 N–H and O–H groups in total. The number of hydrogen-bond acceptors (Lipinski definition) is 2. The van der Waals surface area contributed by atoms with E-state index in [-0.39, 0.29) is 5.41 Å². The fourth-order valence-corrected chi connectivity index (χ4v) is 2.52. The molecule has 1 heterocycles. The smallest absolute Gasteiger partial charge is 0.0849 e. The Morgan fingerprint density at radius 2 is 2.00 bits per heavy atom. The number of aryl methyl sites for hydroxylation is 2. The minimum absolute atomic E-state index is 0.235. The summed E-state index contributed by atoms with van der Waals surface area (Å²) >= 11 is 6.42. The molecule has 1 unspecified atom stereocenters. The zero-order valence-electron chi connectivity index (χ0n) is 12.3. The zero-order valence-corrected chi connectivity index (χ0v) is 13.1. The van der Waals surface area contributed by atoms with Crippen molar-refractivity contribution in [3.05, 3.63) is 16.4 Å². The van der Waals surface area contributed by atoms with Crippen LogP contribution in [0.5, 0.6) is 0 Å². The monoisotopic (exact) mass is 271 g/mol. The van der Waals surface area contributed by atoms with Gasteiger partial charge in [-0.1, -0.05) is 39.3 Å². The summed E-state index contributed by atoms with van der Waals surface area (Å²) in [4.78, 5) is 0. The molecule has 0 aromatic carbocycles. The molecule has 0 bridgehead atoms. The van der Waals surface area contributed by atoms with Gasteiger partial charge in [0.25, 0.3) is 0 Å². The van der Waals surface area contributed by atoms with Gasteiger partial charge in [0.15, 0.2) is 0 Å². The Morgan fingerprint density at radius 3 is 2.44 bits per heavy atom. The van der Waals surface area contributed by atoms with E-state index in [1.807, 2.05) is 11.7 Å². The number of hydrogen-bond donors (Lipinski definition) is 1. The molecule has 0 aliphatic rings. The molecule has 1 aromatic rings. The van der Waals surface area contributed by atoms with Crippen molar-refractivity contribution in [2.75, 3.05) is 13.1 Å². The van der Waals surface area contributed by atoms with Crippen LogP contribution in [0.1, 0.15) is 45.5 Å². The van der Waals surface area contributed by atoms with Crippen LogP contribution in [0.2, 0.25) is 5.02 Å². The van der Waals surface area contributed by atoms with Crippen molar-refractivity contribution in [3.63, 3.8) is 0 Å². The Labute approximate surface area is 116 Å². The minimum atomic E-state index is 0.235. The molecule has 18 heavy (non-hydrogen) atoms. The van der Waals surface area contributed by atoms with Crippen molar-refractivity contribution in [2.45, 2.75) is 47.0 Å². The summed E-state index contributed by atoms with van der Waals surface area (Å²) in [5.41, 5.74) is 2.41. The first kappa shape index (κ1) is 15.5. The molecule has 0 aliphatic carbocycles. The molecule has 1 atom stereocenters. The molecule has 0 saturated carbocycles. The molecular weight excluding hydrogens is 246 g/mol. The van der Waals surface area contributed by atoms with Crippen LogP contribution in [0.3, 0.4) is 0 Å². The van der Waals surface area contributed by atoms with Gasteiger partial charge in [-0.05, 0) is 31.2 Å². The highest BCUT2D eigenvalue weighted by Crippen LogP contribution is 2.30. The molecule has 0 saturated heterocycles. The molecule has 1 rings (SSSR count). The fraction of sp³-hybridized carbons (Fsp3) is 0.786. The summed E-state index contributed by atoms with van der Waals surface area (Å²) in [6, 6.07) is 0. The first-order chi connectivity index (χ1) is 8.47. The maximum absolute atomic E-state index is 6.42. The second-order valence-electron chi connectivity index (χ2n) is 5.31. The van der Waals surface area contributed by atoms with Gasteiger partial charge in [-0.15, -0.1) is 0 Å². The first-order valence-corrected chi connectivity index (χ1v) is 7.26. The molecule has 0 radical (unpaired) electrons. The van der Waals surface area contributed by atoms with Crippen molar-refractivity contribution in [1.29, 1.82) is 0 Å². The fourth-order valence-electron chi connectivity index (χ4n) is 2.16. The van der Waals surface area contributed by atoms with Gasteiger partial charge in [-0.3, -0.25) is 4.68 Å². The Hall–Kier alpha value is -0.540. The van der Waals surface area contributed by atoms with E-state index in [1.165, 1.54) is 0 Å². The van der Waals surface area contributed by atoms with Gasteiger partial charge in [0.1, 0.15) is 0 Å². The first-order valence-electron chi connectivity index (χ1n) is 6.88. The SMILES string of the molecule is CCNCC(C)(CC)Cc1c(Cl)c(CC)nn1C. The van der Waals surface area contributed by atoms with Gasteiger partial charge < -0.3 is 5.32 Å². The third kappa shape index (κ3) is 3.48. The lowest BCUT2D eigenvalue weighted by atomic mass is 9.82. The molecule has 4 heteroatoms. The van der Waals surface area contributed by atoms with Crippen LogP contribution in [0.15, 0.2) is 0 Å². The predicted octanol–water partition coefficient (Wildman–Crippen LogP) is 3.20. The van der Waals surface area contributed by atoms with Gasteiger partial charge in [0.2, 0.25) is 0 Å². The standard InChI is InChI=1S/C14H26ClN3/c1-6-11-13(15)12(18(5)17-11)9-14(4,7-2)10-16-8-3/h16H,6-10H2,1-5H3. The van der Waals surface area contributed by atoms with E-state index in [1.54, 1.807) is 0 Å². The highest BCUT2D eigenvalue weighted by molar-refractivity contribution is 6.31. The van der Waals surface area contributed by atoms with Crippen LogP contribution in [0, 0.1) is 5.41 Å². The molecule has 0 aliphatic heterocycles. The highest BCUT2D eigenvalue weighted by atomic mass is 35.5. The highest BCUT2D eigenvalue weighted by Gasteiger charge is 2.26. The third-order valence-corrected chi connectivity index (χ3v) is 4.19. The second kappa shape index (κ2) is 6.58. The molecule has 1 aromatic heterocycles. The quantitative estimate of drug-likeness (QED) is 0.825. The number of nitrogens with zero attached hydrogens (tertiary/aromatic N) is 2. The van der Waals surface area contributed by atoms with Crippen LogP contribution in [0.4, 0.5) is 0 Å². The normalized spacial score (nSPS) is 14.8. The maximum atomic E-state index is 6.42. The maximum Gasteiger partial charge on any atom is 0.0849 e. The van der Waals surface area contributed by atoms with Crippen molar-refractivity contribution in [2.24, 2.45) is 12.5 Å². The Bertz CT molecular complexity index is 387. The lowest BCUT2D eigenvalue weighted by Crippen LogP contribution is -2.33. The molecule has 3 nitrogen and oxygen atoms in total. The van der Waals surface area contributed by atoms with Crippen molar-refractivity contribution in [1.82, 2.24) is 15.1 Å². The van der Waals surface area contributed by atoms with Crippen molar-refractivity contribution >= 4 is 11.6 Å². The summed E-state index contributed by atoms with van der Waals surface area (Å²) in [6.07, 6.45) is 2.99. The van der Waals surface area contributed by atoms with Crippen molar-refractivity contribution < 1.29 is 0 Å². The lowest BCUT2D eigenvalue weighted by Gasteiger charge is -2.28. The second-order valence-corrected chi connectivity index (χ2v) is 5.68. The molecular formula is C14H26ClN3. The summed E-state index contributed by atoms with van der Waals surface area (Å²) in [6.45, 7) is 10.8. The van der Waals surface area contributed by atoms with Gasteiger partial charge in [-0.25, -0.2) is 0 Å². The molecule has 104 valence electrons. The van der Waals surface area contributed by atoms with Gasteiger partial charge in [0, 0.05) is 13.6 Å². The average Bonchev–Trinajstić information content (AvgIpc) is 2.63. The van der Waals surface area contributed by atoms with Crippen LogP contribution in [0.25, 0.3) is 0 Å². The van der Waals surface area contributed by atoms with Gasteiger partial charge >= 0.3 is 0 Å². The van der Waals surface area contributed by atoms with Crippen LogP contribution >= 0.6 is 11.6 Å². The zero-order chi connectivity index (χ0) is 13.8. The van der Waals surface area contributed by atoms with E-state index < -0.39 is 0 Å². The lowest BCUT2D eigenvalue weighted by molar-refractivity contribution is 0.286. The Morgan fingerprint density at radius 1 is 1.33 bits per heavy atom. The van der Waals surface area contributed by atoms with Crippen LogP contribution in [-0.2, 0) is 19.9 Å². The van der Waals surface area contributed by atoms with E-state index >= 15 is 0 Å². The third-order valence-electron chi connectivity index (χ3n) is 3.75. The summed E-state index contributed by atoms with van der Waals surface area (Å²) in [7, 11) is 1.99. The Kier molecular flexibility index (Phi) is 5.67. The van der Waals surface area contributed by atoms with E-state index in [0.29, 0.717) is 0 Å². The summed E-state index contributed by atoms with van der Waals surface area (Å²) in [5.74, 6) is 0. The summed E-state index contributed by atoms with van der Waals surface area (Å²) in [5, 5.41) is 8.80. The van der Waals surface area contributed by atoms with Gasteiger partial charge in [0.05, 0.1) is 16.4 Å². The van der Waals surface area contributed by atoms with E-state index in [2.05, 4.69) is 38.1 Å². The average molecular weight is 272 g/mol. The number of aromatic nitrogens is 2. The van der Waals surface area contributed by atoms with Crippen LogP contribution in [-0.4, -0.2) is 22.9 Å². The predicted molar refractivity (Wildman–Crippen MR) is 78.2 cm³/mol. The Balaban J connectivity index is 2.90. The number of rotatable bonds is 7. The largest absolute Gasteiger partial charge is 0.316 e.